The van der Waals surface area contributed by atoms with Gasteiger partial charge in [-0.25, -0.2) is 0 Å². The molecular weight excluding hydrogens is 224 g/mol. The van der Waals surface area contributed by atoms with Crippen LogP contribution in [0.15, 0.2) is 36.4 Å². The van der Waals surface area contributed by atoms with Crippen LogP contribution in [-0.4, -0.2) is 32.1 Å². The van der Waals surface area contributed by atoms with Gasteiger partial charge in [-0.3, -0.25) is 0 Å². The number of nitrogens with zero attached hydrogens (tertiary/aromatic N) is 1. The van der Waals surface area contributed by atoms with E-state index in [0.29, 0.717) is 0 Å². The fourth-order valence-electron chi connectivity index (χ4n) is 1.99. The van der Waals surface area contributed by atoms with Crippen molar-refractivity contribution in [2.75, 3.05) is 33.0 Å². The topological polar surface area (TPSA) is 38.5 Å². The molecule has 0 saturated heterocycles. The Morgan fingerprint density at radius 2 is 1.78 bits per heavy atom. The van der Waals surface area contributed by atoms with E-state index in [1.165, 1.54) is 0 Å². The van der Waals surface area contributed by atoms with Crippen molar-refractivity contribution >= 4 is 16.5 Å². The van der Waals surface area contributed by atoms with Crippen molar-refractivity contribution < 1.29 is 4.74 Å². The zero-order valence-electron chi connectivity index (χ0n) is 11.0. The second kappa shape index (κ2) is 5.74. The van der Waals surface area contributed by atoms with Crippen molar-refractivity contribution in [2.45, 2.75) is 6.42 Å². The van der Waals surface area contributed by atoms with Gasteiger partial charge in [-0.1, -0.05) is 24.3 Å². The van der Waals surface area contributed by atoms with Gasteiger partial charge in [-0.05, 0) is 32.6 Å². The Balaban J connectivity index is 2.11. The van der Waals surface area contributed by atoms with E-state index in [2.05, 4.69) is 19.0 Å². The predicted octanol–water partition coefficient (Wildman–Crippen LogP) is 2.75. The SMILES string of the molecule is CN(C)CCCOc1cccc2c(N)cccc12. The van der Waals surface area contributed by atoms with Crippen molar-refractivity contribution in [3.63, 3.8) is 0 Å². The van der Waals surface area contributed by atoms with Gasteiger partial charge in [-0.2, -0.15) is 0 Å². The summed E-state index contributed by atoms with van der Waals surface area (Å²) in [5.41, 5.74) is 6.75. The summed E-state index contributed by atoms with van der Waals surface area (Å²) in [4.78, 5) is 2.16. The molecule has 0 unspecified atom stereocenters. The Kier molecular flexibility index (Phi) is 4.05. The molecule has 2 rings (SSSR count). The smallest absolute Gasteiger partial charge is 0.127 e. The highest BCUT2D eigenvalue weighted by atomic mass is 16.5. The summed E-state index contributed by atoms with van der Waals surface area (Å²) in [7, 11) is 4.14. The van der Waals surface area contributed by atoms with Crippen molar-refractivity contribution in [3.8, 4) is 5.75 Å². The molecule has 0 fully saturated rings. The van der Waals surface area contributed by atoms with E-state index in [-0.39, 0.29) is 0 Å². The number of hydrogen-bond donors (Lipinski definition) is 1. The van der Waals surface area contributed by atoms with E-state index in [9.17, 15) is 0 Å². The average Bonchev–Trinajstić information content (AvgIpc) is 2.35. The van der Waals surface area contributed by atoms with Gasteiger partial charge in [0.15, 0.2) is 0 Å². The summed E-state index contributed by atoms with van der Waals surface area (Å²) in [5, 5.41) is 2.14. The third-order valence-electron chi connectivity index (χ3n) is 2.92. The van der Waals surface area contributed by atoms with Crippen LogP contribution in [0.1, 0.15) is 6.42 Å². The molecule has 0 aromatic heterocycles. The molecule has 0 radical (unpaired) electrons. The quantitative estimate of drug-likeness (QED) is 0.649. The number of nitrogens with two attached hydrogens (primary N) is 1. The van der Waals surface area contributed by atoms with Crippen molar-refractivity contribution in [1.82, 2.24) is 4.90 Å². The van der Waals surface area contributed by atoms with Gasteiger partial charge in [0.2, 0.25) is 0 Å². The first-order valence-corrected chi connectivity index (χ1v) is 6.23. The van der Waals surface area contributed by atoms with Gasteiger partial charge in [-0.15, -0.1) is 0 Å². The average molecular weight is 244 g/mol. The van der Waals surface area contributed by atoms with Gasteiger partial charge < -0.3 is 15.4 Å². The van der Waals surface area contributed by atoms with Crippen LogP contribution in [0, 0.1) is 0 Å². The zero-order valence-corrected chi connectivity index (χ0v) is 11.0. The molecule has 2 N–H and O–H groups in total. The van der Waals surface area contributed by atoms with Crippen LogP contribution in [0.5, 0.6) is 5.75 Å². The standard InChI is InChI=1S/C15H20N2O/c1-17(2)10-5-11-18-15-9-4-6-12-13(15)7-3-8-14(12)16/h3-4,6-9H,5,10-11,16H2,1-2H3. The maximum absolute atomic E-state index is 5.96. The van der Waals surface area contributed by atoms with Gasteiger partial charge >= 0.3 is 0 Å². The first-order chi connectivity index (χ1) is 8.68. The molecule has 0 saturated carbocycles. The molecular formula is C15H20N2O. The number of ether oxygens (including phenoxy) is 1. The highest BCUT2D eigenvalue weighted by Crippen LogP contribution is 2.29. The summed E-state index contributed by atoms with van der Waals surface area (Å²) in [6.07, 6.45) is 1.02. The normalized spacial score (nSPS) is 11.1. The molecule has 0 heterocycles. The first-order valence-electron chi connectivity index (χ1n) is 6.23. The fraction of sp³-hybridized carbons (Fsp3) is 0.333. The molecule has 0 spiro atoms. The maximum Gasteiger partial charge on any atom is 0.127 e. The lowest BCUT2D eigenvalue weighted by Gasteiger charge is -2.12. The summed E-state index contributed by atoms with van der Waals surface area (Å²) < 4.78 is 5.84. The third-order valence-corrected chi connectivity index (χ3v) is 2.92. The van der Waals surface area contributed by atoms with E-state index >= 15 is 0 Å². The lowest BCUT2D eigenvalue weighted by atomic mass is 10.1. The summed E-state index contributed by atoms with van der Waals surface area (Å²) in [6, 6.07) is 11.9. The van der Waals surface area contributed by atoms with Crippen molar-refractivity contribution in [3.05, 3.63) is 36.4 Å². The van der Waals surface area contributed by atoms with E-state index in [1.54, 1.807) is 0 Å². The second-order valence-corrected chi connectivity index (χ2v) is 4.70. The van der Waals surface area contributed by atoms with Crippen LogP contribution in [-0.2, 0) is 0 Å². The first kappa shape index (κ1) is 12.7. The van der Waals surface area contributed by atoms with E-state index in [0.717, 1.165) is 41.8 Å². The van der Waals surface area contributed by atoms with Crippen LogP contribution in [0.25, 0.3) is 10.8 Å². The number of rotatable bonds is 5. The minimum atomic E-state index is 0.728. The number of benzene rings is 2. The Hall–Kier alpha value is -1.74. The Morgan fingerprint density at radius 1 is 1.06 bits per heavy atom. The molecule has 2 aromatic carbocycles. The molecule has 0 aliphatic carbocycles. The molecule has 0 aliphatic heterocycles. The molecule has 0 atom stereocenters. The number of anilines is 1. The van der Waals surface area contributed by atoms with Gasteiger partial charge in [0, 0.05) is 23.0 Å². The van der Waals surface area contributed by atoms with Gasteiger partial charge in [0.05, 0.1) is 6.61 Å². The lowest BCUT2D eigenvalue weighted by molar-refractivity contribution is 0.284. The number of hydrogen-bond acceptors (Lipinski definition) is 3. The summed E-state index contributed by atoms with van der Waals surface area (Å²) >= 11 is 0. The minimum Gasteiger partial charge on any atom is -0.493 e. The Labute approximate surface area is 108 Å². The van der Waals surface area contributed by atoms with Crippen LogP contribution in [0.3, 0.4) is 0 Å². The summed E-state index contributed by atoms with van der Waals surface area (Å²) in [5.74, 6) is 0.915. The second-order valence-electron chi connectivity index (χ2n) is 4.70. The van der Waals surface area contributed by atoms with Crippen molar-refractivity contribution in [1.29, 1.82) is 0 Å². The molecule has 0 bridgehead atoms. The molecule has 3 heteroatoms. The van der Waals surface area contributed by atoms with Crippen LogP contribution in [0.2, 0.25) is 0 Å². The lowest BCUT2D eigenvalue weighted by Crippen LogP contribution is -2.15. The fourth-order valence-corrected chi connectivity index (χ4v) is 1.99. The number of fused-ring (bicyclic) bond motifs is 1. The highest BCUT2D eigenvalue weighted by molar-refractivity contribution is 5.96. The number of nitrogen functional groups attached to an aromatic ring is 1. The zero-order chi connectivity index (χ0) is 13.0. The molecule has 3 nitrogen and oxygen atoms in total. The minimum absolute atomic E-state index is 0.728. The monoisotopic (exact) mass is 244 g/mol. The Bertz CT molecular complexity index is 523. The van der Waals surface area contributed by atoms with Crippen LogP contribution < -0.4 is 10.5 Å². The van der Waals surface area contributed by atoms with E-state index in [4.69, 9.17) is 10.5 Å². The third kappa shape index (κ3) is 2.93. The van der Waals surface area contributed by atoms with Crippen molar-refractivity contribution in [2.24, 2.45) is 0 Å². The molecule has 18 heavy (non-hydrogen) atoms. The summed E-state index contributed by atoms with van der Waals surface area (Å²) in [6.45, 7) is 1.76. The molecule has 0 amide bonds. The predicted molar refractivity (Wildman–Crippen MR) is 77.0 cm³/mol. The van der Waals surface area contributed by atoms with Gasteiger partial charge in [0.1, 0.15) is 5.75 Å². The highest BCUT2D eigenvalue weighted by Gasteiger charge is 2.03. The molecule has 0 aliphatic rings. The van der Waals surface area contributed by atoms with E-state index < -0.39 is 0 Å². The molecule has 2 aromatic rings. The van der Waals surface area contributed by atoms with Crippen LogP contribution in [0.4, 0.5) is 5.69 Å². The molecule has 96 valence electrons. The van der Waals surface area contributed by atoms with E-state index in [1.807, 2.05) is 36.4 Å². The largest absolute Gasteiger partial charge is 0.493 e. The van der Waals surface area contributed by atoms with Crippen LogP contribution >= 0.6 is 0 Å². The Morgan fingerprint density at radius 3 is 2.56 bits per heavy atom. The maximum atomic E-state index is 5.96. The van der Waals surface area contributed by atoms with Gasteiger partial charge in [0.25, 0.3) is 0 Å².